The molecule has 2 heteroatoms. The normalized spacial score (nSPS) is 37.9. The standard InChI is InChI=1S/C9H18N2/c1-2-6-11-7-4-8-9(11)3-5-10-8/h8-10H,2-7H2,1H3. The molecule has 11 heavy (non-hydrogen) atoms. The Morgan fingerprint density at radius 1 is 1.45 bits per heavy atom. The van der Waals surface area contributed by atoms with Gasteiger partial charge in [-0.05, 0) is 32.4 Å². The molecule has 0 amide bonds. The van der Waals surface area contributed by atoms with E-state index in [1.807, 2.05) is 0 Å². The maximum atomic E-state index is 3.57. The zero-order valence-corrected chi connectivity index (χ0v) is 7.34. The van der Waals surface area contributed by atoms with E-state index < -0.39 is 0 Å². The highest BCUT2D eigenvalue weighted by Gasteiger charge is 2.36. The molecule has 64 valence electrons. The minimum Gasteiger partial charge on any atom is -0.312 e. The van der Waals surface area contributed by atoms with E-state index in [1.165, 1.54) is 38.9 Å². The predicted molar refractivity (Wildman–Crippen MR) is 46.7 cm³/mol. The second-order valence-corrected chi connectivity index (χ2v) is 3.74. The molecule has 2 fully saturated rings. The first-order valence-electron chi connectivity index (χ1n) is 4.89. The van der Waals surface area contributed by atoms with Crippen LogP contribution in [-0.4, -0.2) is 36.6 Å². The zero-order chi connectivity index (χ0) is 7.68. The van der Waals surface area contributed by atoms with E-state index in [1.54, 1.807) is 0 Å². The van der Waals surface area contributed by atoms with Crippen molar-refractivity contribution in [3.8, 4) is 0 Å². The van der Waals surface area contributed by atoms with Crippen LogP contribution in [0.3, 0.4) is 0 Å². The number of fused-ring (bicyclic) bond motifs is 1. The van der Waals surface area contributed by atoms with Gasteiger partial charge in [-0.3, -0.25) is 4.90 Å². The molecule has 0 spiro atoms. The number of nitrogens with zero attached hydrogens (tertiary/aromatic N) is 1. The van der Waals surface area contributed by atoms with Crippen molar-refractivity contribution >= 4 is 0 Å². The van der Waals surface area contributed by atoms with Crippen molar-refractivity contribution in [2.75, 3.05) is 19.6 Å². The number of rotatable bonds is 2. The van der Waals surface area contributed by atoms with Crippen molar-refractivity contribution in [3.63, 3.8) is 0 Å². The Balaban J connectivity index is 1.92. The Bertz CT molecular complexity index is 134. The van der Waals surface area contributed by atoms with Crippen LogP contribution in [0.5, 0.6) is 0 Å². The molecule has 0 bridgehead atoms. The molecular formula is C9H18N2. The van der Waals surface area contributed by atoms with Gasteiger partial charge >= 0.3 is 0 Å². The SMILES string of the molecule is CCCN1CCC2NCCC21. The summed E-state index contributed by atoms with van der Waals surface area (Å²) in [6, 6.07) is 1.72. The first-order valence-corrected chi connectivity index (χ1v) is 4.89. The van der Waals surface area contributed by atoms with E-state index in [2.05, 4.69) is 17.1 Å². The lowest BCUT2D eigenvalue weighted by atomic mass is 10.1. The molecule has 2 nitrogen and oxygen atoms in total. The molecule has 0 saturated carbocycles. The predicted octanol–water partition coefficient (Wildman–Crippen LogP) is 0.833. The minimum atomic E-state index is 0.835. The third kappa shape index (κ3) is 1.30. The van der Waals surface area contributed by atoms with Crippen molar-refractivity contribution in [1.29, 1.82) is 0 Å². The Morgan fingerprint density at radius 3 is 3.18 bits per heavy atom. The minimum absolute atomic E-state index is 0.835. The highest BCUT2D eigenvalue weighted by atomic mass is 15.2. The van der Waals surface area contributed by atoms with Gasteiger partial charge in [-0.15, -0.1) is 0 Å². The van der Waals surface area contributed by atoms with Gasteiger partial charge in [0.15, 0.2) is 0 Å². The first kappa shape index (κ1) is 7.56. The topological polar surface area (TPSA) is 15.3 Å². The highest BCUT2D eigenvalue weighted by molar-refractivity contribution is 4.96. The molecule has 2 atom stereocenters. The molecule has 0 radical (unpaired) electrons. The van der Waals surface area contributed by atoms with Crippen molar-refractivity contribution in [1.82, 2.24) is 10.2 Å². The third-order valence-corrected chi connectivity index (χ3v) is 3.02. The van der Waals surface area contributed by atoms with Crippen molar-refractivity contribution < 1.29 is 0 Å². The van der Waals surface area contributed by atoms with E-state index in [0.29, 0.717) is 0 Å². The van der Waals surface area contributed by atoms with Crippen LogP contribution in [0.15, 0.2) is 0 Å². The van der Waals surface area contributed by atoms with Crippen LogP contribution >= 0.6 is 0 Å². The molecule has 2 aliphatic heterocycles. The monoisotopic (exact) mass is 154 g/mol. The van der Waals surface area contributed by atoms with Gasteiger partial charge in [-0.25, -0.2) is 0 Å². The second kappa shape index (κ2) is 3.11. The summed E-state index contributed by atoms with van der Waals surface area (Å²) in [7, 11) is 0. The zero-order valence-electron chi connectivity index (χ0n) is 7.34. The fraction of sp³-hybridized carbons (Fsp3) is 1.00. The molecule has 2 heterocycles. The third-order valence-electron chi connectivity index (χ3n) is 3.02. The quantitative estimate of drug-likeness (QED) is 0.634. The van der Waals surface area contributed by atoms with Crippen LogP contribution in [0.4, 0.5) is 0 Å². The lowest BCUT2D eigenvalue weighted by molar-refractivity contribution is 0.254. The van der Waals surface area contributed by atoms with Gasteiger partial charge in [0.1, 0.15) is 0 Å². The number of hydrogen-bond acceptors (Lipinski definition) is 2. The maximum absolute atomic E-state index is 3.57. The van der Waals surface area contributed by atoms with Gasteiger partial charge in [-0.2, -0.15) is 0 Å². The molecule has 0 aromatic carbocycles. The molecule has 0 aromatic heterocycles. The summed E-state index contributed by atoms with van der Waals surface area (Å²) < 4.78 is 0. The van der Waals surface area contributed by atoms with Gasteiger partial charge in [0.2, 0.25) is 0 Å². The van der Waals surface area contributed by atoms with Crippen molar-refractivity contribution in [3.05, 3.63) is 0 Å². The Hall–Kier alpha value is -0.0800. The molecule has 2 rings (SSSR count). The summed E-state index contributed by atoms with van der Waals surface area (Å²) in [6.45, 7) is 6.16. The molecule has 0 aliphatic carbocycles. The Morgan fingerprint density at radius 2 is 2.36 bits per heavy atom. The van der Waals surface area contributed by atoms with Crippen LogP contribution in [0, 0.1) is 0 Å². The molecule has 2 unspecified atom stereocenters. The molecule has 2 saturated heterocycles. The van der Waals surface area contributed by atoms with E-state index in [9.17, 15) is 0 Å². The molecular weight excluding hydrogens is 136 g/mol. The average Bonchev–Trinajstić information content (AvgIpc) is 2.53. The lowest BCUT2D eigenvalue weighted by Gasteiger charge is -2.21. The van der Waals surface area contributed by atoms with E-state index in [0.717, 1.165) is 12.1 Å². The van der Waals surface area contributed by atoms with Gasteiger partial charge in [-0.1, -0.05) is 6.92 Å². The lowest BCUT2D eigenvalue weighted by Crippen LogP contribution is -2.34. The van der Waals surface area contributed by atoms with E-state index in [-0.39, 0.29) is 0 Å². The number of nitrogens with one attached hydrogen (secondary N) is 1. The van der Waals surface area contributed by atoms with Crippen LogP contribution in [0.1, 0.15) is 26.2 Å². The van der Waals surface area contributed by atoms with Crippen molar-refractivity contribution in [2.24, 2.45) is 0 Å². The summed E-state index contributed by atoms with van der Waals surface area (Å²) >= 11 is 0. The van der Waals surface area contributed by atoms with Gasteiger partial charge in [0, 0.05) is 18.6 Å². The van der Waals surface area contributed by atoms with Gasteiger partial charge in [0.05, 0.1) is 0 Å². The number of hydrogen-bond donors (Lipinski definition) is 1. The molecule has 2 aliphatic rings. The highest BCUT2D eigenvalue weighted by Crippen LogP contribution is 2.24. The Labute approximate surface area is 69.0 Å². The first-order chi connectivity index (χ1) is 5.42. The molecule has 0 aromatic rings. The molecule has 1 N–H and O–H groups in total. The summed E-state index contributed by atoms with van der Waals surface area (Å²) in [5, 5.41) is 3.57. The largest absolute Gasteiger partial charge is 0.312 e. The van der Waals surface area contributed by atoms with Gasteiger partial charge in [0.25, 0.3) is 0 Å². The summed E-state index contributed by atoms with van der Waals surface area (Å²) in [5.74, 6) is 0. The smallest absolute Gasteiger partial charge is 0.0261 e. The van der Waals surface area contributed by atoms with E-state index in [4.69, 9.17) is 0 Å². The summed E-state index contributed by atoms with van der Waals surface area (Å²) in [6.07, 6.45) is 4.07. The van der Waals surface area contributed by atoms with E-state index >= 15 is 0 Å². The average molecular weight is 154 g/mol. The van der Waals surface area contributed by atoms with Crippen LogP contribution < -0.4 is 5.32 Å². The maximum Gasteiger partial charge on any atom is 0.0261 e. The number of likely N-dealkylation sites (tertiary alicyclic amines) is 1. The summed E-state index contributed by atoms with van der Waals surface area (Å²) in [5.41, 5.74) is 0. The van der Waals surface area contributed by atoms with Crippen LogP contribution in [-0.2, 0) is 0 Å². The fourth-order valence-electron chi connectivity index (χ4n) is 2.52. The van der Waals surface area contributed by atoms with Crippen molar-refractivity contribution in [2.45, 2.75) is 38.3 Å². The van der Waals surface area contributed by atoms with Crippen LogP contribution in [0.2, 0.25) is 0 Å². The Kier molecular flexibility index (Phi) is 2.14. The van der Waals surface area contributed by atoms with Gasteiger partial charge < -0.3 is 5.32 Å². The van der Waals surface area contributed by atoms with Crippen LogP contribution in [0.25, 0.3) is 0 Å². The summed E-state index contributed by atoms with van der Waals surface area (Å²) in [4.78, 5) is 2.66. The fourth-order valence-corrected chi connectivity index (χ4v) is 2.52. The second-order valence-electron chi connectivity index (χ2n) is 3.74.